The number of hydrogen-bond acceptors (Lipinski definition) is 3. The van der Waals surface area contributed by atoms with Crippen molar-refractivity contribution in [3.05, 3.63) is 57.7 Å². The van der Waals surface area contributed by atoms with Crippen molar-refractivity contribution in [2.45, 2.75) is 10.6 Å². The van der Waals surface area contributed by atoms with Gasteiger partial charge in [0.05, 0.1) is 5.75 Å². The molecule has 0 aliphatic heterocycles. The maximum absolute atomic E-state index is 11.0. The zero-order chi connectivity index (χ0) is 11.4. The van der Waals surface area contributed by atoms with Crippen LogP contribution in [-0.4, -0.2) is 9.97 Å². The number of benzene rings is 1. The molecule has 0 amide bonds. The number of nitrogens with one attached hydrogen (secondary N) is 1. The number of aromatic amines is 1. The maximum atomic E-state index is 11.0. The molecule has 0 unspecified atom stereocenters. The van der Waals surface area contributed by atoms with Crippen LogP contribution in [0.1, 0.15) is 5.82 Å². The number of hydrogen-bond donors (Lipinski definition) is 1. The minimum atomic E-state index is -0.128. The van der Waals surface area contributed by atoms with Crippen molar-refractivity contribution in [3.8, 4) is 0 Å². The van der Waals surface area contributed by atoms with Crippen molar-refractivity contribution < 1.29 is 0 Å². The van der Waals surface area contributed by atoms with Crippen molar-refractivity contribution in [2.24, 2.45) is 0 Å². The normalized spacial score (nSPS) is 10.3. The molecule has 16 heavy (non-hydrogen) atoms. The summed E-state index contributed by atoms with van der Waals surface area (Å²) in [5, 5.41) is 0.708. The summed E-state index contributed by atoms with van der Waals surface area (Å²) in [7, 11) is 0. The summed E-state index contributed by atoms with van der Waals surface area (Å²) in [5.41, 5.74) is -0.128. The molecule has 0 aliphatic rings. The van der Waals surface area contributed by atoms with Crippen molar-refractivity contribution in [3.63, 3.8) is 0 Å². The third-order valence-corrected chi connectivity index (χ3v) is 3.14. The van der Waals surface area contributed by atoms with Gasteiger partial charge < -0.3 is 4.98 Å². The fourth-order valence-electron chi connectivity index (χ4n) is 1.19. The summed E-state index contributed by atoms with van der Waals surface area (Å²) in [5.74, 6) is 1.29. The van der Waals surface area contributed by atoms with Gasteiger partial charge in [-0.25, -0.2) is 4.98 Å². The van der Waals surface area contributed by atoms with Crippen LogP contribution < -0.4 is 5.56 Å². The van der Waals surface area contributed by atoms with Crippen molar-refractivity contribution in [1.82, 2.24) is 9.97 Å². The number of thioether (sulfide) groups is 1. The van der Waals surface area contributed by atoms with E-state index in [1.807, 2.05) is 24.3 Å². The molecule has 82 valence electrons. The third-order valence-electron chi connectivity index (χ3n) is 1.90. The molecule has 0 atom stereocenters. The molecule has 0 aliphatic carbocycles. The van der Waals surface area contributed by atoms with E-state index in [-0.39, 0.29) is 5.56 Å². The van der Waals surface area contributed by atoms with Gasteiger partial charge >= 0.3 is 0 Å². The van der Waals surface area contributed by atoms with Gasteiger partial charge in [0.2, 0.25) is 0 Å². The highest BCUT2D eigenvalue weighted by Gasteiger charge is 1.98. The monoisotopic (exact) mass is 252 g/mol. The summed E-state index contributed by atoms with van der Waals surface area (Å²) in [6.07, 6.45) is 1.51. The second-order valence-corrected chi connectivity index (χ2v) is 4.61. The van der Waals surface area contributed by atoms with Gasteiger partial charge in [-0.05, 0) is 18.2 Å². The third kappa shape index (κ3) is 3.12. The van der Waals surface area contributed by atoms with Gasteiger partial charge in [-0.1, -0.05) is 17.7 Å². The first-order chi connectivity index (χ1) is 7.74. The van der Waals surface area contributed by atoms with E-state index < -0.39 is 0 Å². The lowest BCUT2D eigenvalue weighted by Crippen LogP contribution is -2.07. The zero-order valence-electron chi connectivity index (χ0n) is 8.31. The number of halogens is 1. The lowest BCUT2D eigenvalue weighted by Gasteiger charge is -2.01. The van der Waals surface area contributed by atoms with E-state index in [1.54, 1.807) is 11.8 Å². The van der Waals surface area contributed by atoms with Crippen LogP contribution in [-0.2, 0) is 5.75 Å². The summed E-state index contributed by atoms with van der Waals surface area (Å²) in [6, 6.07) is 8.97. The van der Waals surface area contributed by atoms with Crippen LogP contribution in [0.3, 0.4) is 0 Å². The summed E-state index contributed by atoms with van der Waals surface area (Å²) in [4.78, 5) is 18.8. The number of nitrogens with zero attached hydrogens (tertiary/aromatic N) is 1. The fraction of sp³-hybridized carbons (Fsp3) is 0.0909. The zero-order valence-corrected chi connectivity index (χ0v) is 9.89. The molecule has 0 saturated carbocycles. The van der Waals surface area contributed by atoms with E-state index in [2.05, 4.69) is 9.97 Å². The Hall–Kier alpha value is -1.26. The Balaban J connectivity index is 2.05. The van der Waals surface area contributed by atoms with Crippen LogP contribution in [0.25, 0.3) is 0 Å². The summed E-state index contributed by atoms with van der Waals surface area (Å²) in [6.45, 7) is 0. The summed E-state index contributed by atoms with van der Waals surface area (Å²) >= 11 is 7.44. The molecule has 1 heterocycles. The van der Waals surface area contributed by atoms with Gasteiger partial charge in [0.1, 0.15) is 5.82 Å². The maximum Gasteiger partial charge on any atom is 0.250 e. The first-order valence-corrected chi connectivity index (χ1v) is 6.03. The predicted molar refractivity (Wildman–Crippen MR) is 65.9 cm³/mol. The van der Waals surface area contributed by atoms with Crippen molar-refractivity contribution >= 4 is 23.4 Å². The largest absolute Gasteiger partial charge is 0.310 e. The molecule has 0 saturated heterocycles. The molecule has 5 heteroatoms. The molecular weight excluding hydrogens is 244 g/mol. The molecule has 1 aromatic carbocycles. The second-order valence-electron chi connectivity index (χ2n) is 3.13. The molecule has 1 aromatic heterocycles. The van der Waals surface area contributed by atoms with Crippen LogP contribution in [0.2, 0.25) is 5.02 Å². The quantitative estimate of drug-likeness (QED) is 0.855. The van der Waals surface area contributed by atoms with Gasteiger partial charge in [0, 0.05) is 22.2 Å². The number of rotatable bonds is 3. The SMILES string of the molecule is O=c1ccnc(CSc2cccc(Cl)c2)[nH]1. The lowest BCUT2D eigenvalue weighted by atomic mass is 10.4. The molecule has 2 rings (SSSR count). The van der Waals surface area contributed by atoms with Gasteiger partial charge in [-0.3, -0.25) is 4.79 Å². The highest BCUT2D eigenvalue weighted by atomic mass is 35.5. The highest BCUT2D eigenvalue weighted by molar-refractivity contribution is 7.98. The molecule has 0 radical (unpaired) electrons. The van der Waals surface area contributed by atoms with E-state index in [0.29, 0.717) is 16.6 Å². The minimum Gasteiger partial charge on any atom is -0.310 e. The Morgan fingerprint density at radius 3 is 3.00 bits per heavy atom. The molecule has 2 aromatic rings. The topological polar surface area (TPSA) is 45.8 Å². The Bertz CT molecular complexity index is 541. The van der Waals surface area contributed by atoms with Gasteiger partial charge in [0.25, 0.3) is 5.56 Å². The van der Waals surface area contributed by atoms with Crippen LogP contribution >= 0.6 is 23.4 Å². The lowest BCUT2D eigenvalue weighted by molar-refractivity contribution is 1.00. The standard InChI is InChI=1S/C11H9ClN2OS/c12-8-2-1-3-9(6-8)16-7-10-13-5-4-11(15)14-10/h1-6H,7H2,(H,13,14,15). The Morgan fingerprint density at radius 1 is 1.38 bits per heavy atom. The Labute approximate surface area is 102 Å². The van der Waals surface area contributed by atoms with Gasteiger partial charge in [0.15, 0.2) is 0 Å². The fourth-order valence-corrected chi connectivity index (χ4v) is 2.28. The average molecular weight is 253 g/mol. The average Bonchev–Trinajstić information content (AvgIpc) is 2.27. The van der Waals surface area contributed by atoms with Crippen molar-refractivity contribution in [1.29, 1.82) is 0 Å². The molecule has 3 nitrogen and oxygen atoms in total. The van der Waals surface area contributed by atoms with E-state index in [9.17, 15) is 4.79 Å². The second kappa shape index (κ2) is 5.18. The summed E-state index contributed by atoms with van der Waals surface area (Å²) < 4.78 is 0. The predicted octanol–water partition coefficient (Wildman–Crippen LogP) is 2.72. The van der Waals surface area contributed by atoms with E-state index >= 15 is 0 Å². The van der Waals surface area contributed by atoms with Crippen molar-refractivity contribution in [2.75, 3.05) is 0 Å². The number of aromatic nitrogens is 2. The van der Waals surface area contributed by atoms with Crippen LogP contribution in [0.15, 0.2) is 46.2 Å². The smallest absolute Gasteiger partial charge is 0.250 e. The number of H-pyrrole nitrogens is 1. The first kappa shape index (κ1) is 11.2. The van der Waals surface area contributed by atoms with Gasteiger partial charge in [-0.15, -0.1) is 11.8 Å². The molecular formula is C11H9ClN2OS. The molecule has 0 fully saturated rings. The highest BCUT2D eigenvalue weighted by Crippen LogP contribution is 2.23. The van der Waals surface area contributed by atoms with Crippen LogP contribution in [0.4, 0.5) is 0 Å². The van der Waals surface area contributed by atoms with Crippen LogP contribution in [0.5, 0.6) is 0 Å². The Morgan fingerprint density at radius 2 is 2.25 bits per heavy atom. The van der Waals surface area contributed by atoms with E-state index in [1.165, 1.54) is 12.3 Å². The van der Waals surface area contributed by atoms with Gasteiger partial charge in [-0.2, -0.15) is 0 Å². The van der Waals surface area contributed by atoms with Crippen LogP contribution in [0, 0.1) is 0 Å². The molecule has 0 spiro atoms. The first-order valence-electron chi connectivity index (χ1n) is 4.66. The molecule has 1 N–H and O–H groups in total. The minimum absolute atomic E-state index is 0.128. The van der Waals surface area contributed by atoms with E-state index in [4.69, 9.17) is 11.6 Å². The Kier molecular flexibility index (Phi) is 3.64. The van der Waals surface area contributed by atoms with E-state index in [0.717, 1.165) is 4.90 Å². The molecule has 0 bridgehead atoms.